The van der Waals surface area contributed by atoms with Crippen LogP contribution in [0.5, 0.6) is 11.5 Å². The Morgan fingerprint density at radius 2 is 1.61 bits per heavy atom. The van der Waals surface area contributed by atoms with Crippen LogP contribution in [-0.4, -0.2) is 55.5 Å². The summed E-state index contributed by atoms with van der Waals surface area (Å²) in [7, 11) is 2.94. The first-order valence-corrected chi connectivity index (χ1v) is 10.4. The zero-order chi connectivity index (χ0) is 24.1. The molecule has 3 amide bonds. The van der Waals surface area contributed by atoms with Crippen LogP contribution in [0.25, 0.3) is 0 Å². The molecule has 9 heteroatoms. The van der Waals surface area contributed by atoms with Crippen molar-refractivity contribution in [2.75, 3.05) is 26.1 Å². The molecular weight excluding hydrogens is 428 g/mol. The fraction of sp³-hybridized carbons (Fsp3) is 0.333. The highest BCUT2D eigenvalue weighted by atomic mass is 16.5. The first-order valence-electron chi connectivity index (χ1n) is 10.4. The number of amides is 3. The SMILES string of the molecule is COc1ccc(OC)c(NC(=O)COC(=O)[C@@H](CC(C)C)N2C(=O)c3ccccc3C2=O)c1. The van der Waals surface area contributed by atoms with Crippen LogP contribution < -0.4 is 14.8 Å². The molecule has 0 radical (unpaired) electrons. The van der Waals surface area contributed by atoms with Crippen LogP contribution in [0.15, 0.2) is 42.5 Å². The molecule has 174 valence electrons. The molecule has 1 N–H and O–H groups in total. The predicted molar refractivity (Wildman–Crippen MR) is 119 cm³/mol. The van der Waals surface area contributed by atoms with Crippen molar-refractivity contribution >= 4 is 29.4 Å². The van der Waals surface area contributed by atoms with Gasteiger partial charge in [-0.25, -0.2) is 4.79 Å². The van der Waals surface area contributed by atoms with Crippen LogP contribution in [0, 0.1) is 5.92 Å². The molecule has 1 atom stereocenters. The van der Waals surface area contributed by atoms with Gasteiger partial charge in [-0.05, 0) is 36.6 Å². The lowest BCUT2D eigenvalue weighted by molar-refractivity contribution is -0.151. The van der Waals surface area contributed by atoms with Crippen molar-refractivity contribution in [3.05, 3.63) is 53.6 Å². The summed E-state index contributed by atoms with van der Waals surface area (Å²) in [5, 5.41) is 2.60. The Hall–Kier alpha value is -3.88. The average Bonchev–Trinajstić information content (AvgIpc) is 3.05. The summed E-state index contributed by atoms with van der Waals surface area (Å²) in [6.07, 6.45) is 0.204. The summed E-state index contributed by atoms with van der Waals surface area (Å²) in [4.78, 5) is 51.9. The number of nitrogens with zero attached hydrogens (tertiary/aromatic N) is 1. The monoisotopic (exact) mass is 454 g/mol. The zero-order valence-corrected chi connectivity index (χ0v) is 18.9. The van der Waals surface area contributed by atoms with E-state index in [1.54, 1.807) is 42.5 Å². The molecule has 0 aromatic heterocycles. The molecular formula is C24H26N2O7. The summed E-state index contributed by atoms with van der Waals surface area (Å²) in [6, 6.07) is 10.1. The van der Waals surface area contributed by atoms with Crippen molar-refractivity contribution < 1.29 is 33.4 Å². The number of rotatable bonds is 9. The topological polar surface area (TPSA) is 111 Å². The Bertz CT molecular complexity index is 1050. The highest BCUT2D eigenvalue weighted by Gasteiger charge is 2.43. The molecule has 0 saturated carbocycles. The minimum Gasteiger partial charge on any atom is -0.497 e. The summed E-state index contributed by atoms with van der Waals surface area (Å²) < 4.78 is 15.6. The van der Waals surface area contributed by atoms with Gasteiger partial charge < -0.3 is 19.5 Å². The van der Waals surface area contributed by atoms with Gasteiger partial charge in [0, 0.05) is 6.07 Å². The fourth-order valence-corrected chi connectivity index (χ4v) is 3.58. The number of hydrogen-bond donors (Lipinski definition) is 1. The van der Waals surface area contributed by atoms with Crippen molar-refractivity contribution in [2.24, 2.45) is 5.92 Å². The van der Waals surface area contributed by atoms with Gasteiger partial charge in [-0.3, -0.25) is 19.3 Å². The molecule has 9 nitrogen and oxygen atoms in total. The molecule has 33 heavy (non-hydrogen) atoms. The minimum absolute atomic E-state index is 0.0123. The predicted octanol–water partition coefficient (Wildman–Crippen LogP) is 2.90. The van der Waals surface area contributed by atoms with Crippen molar-refractivity contribution in [3.8, 4) is 11.5 Å². The van der Waals surface area contributed by atoms with Gasteiger partial charge in [0.2, 0.25) is 0 Å². The van der Waals surface area contributed by atoms with E-state index in [9.17, 15) is 19.2 Å². The van der Waals surface area contributed by atoms with E-state index in [4.69, 9.17) is 14.2 Å². The fourth-order valence-electron chi connectivity index (χ4n) is 3.58. The highest BCUT2D eigenvalue weighted by Crippen LogP contribution is 2.29. The van der Waals surface area contributed by atoms with E-state index >= 15 is 0 Å². The summed E-state index contributed by atoms with van der Waals surface area (Å²) in [6.45, 7) is 3.12. The summed E-state index contributed by atoms with van der Waals surface area (Å²) in [5.41, 5.74) is 0.829. The van der Waals surface area contributed by atoms with E-state index in [0.29, 0.717) is 17.2 Å². The van der Waals surface area contributed by atoms with E-state index < -0.39 is 36.3 Å². The first kappa shape index (κ1) is 23.8. The Morgan fingerprint density at radius 1 is 0.970 bits per heavy atom. The maximum atomic E-state index is 12.9. The molecule has 0 bridgehead atoms. The maximum absolute atomic E-state index is 12.9. The molecule has 0 unspecified atom stereocenters. The van der Waals surface area contributed by atoms with Crippen molar-refractivity contribution in [2.45, 2.75) is 26.3 Å². The van der Waals surface area contributed by atoms with E-state index in [2.05, 4.69) is 5.32 Å². The Morgan fingerprint density at radius 3 is 2.15 bits per heavy atom. The van der Waals surface area contributed by atoms with E-state index in [-0.39, 0.29) is 23.5 Å². The van der Waals surface area contributed by atoms with Gasteiger partial charge in [-0.1, -0.05) is 26.0 Å². The quantitative estimate of drug-likeness (QED) is 0.458. The number of fused-ring (bicyclic) bond motifs is 1. The Balaban J connectivity index is 1.71. The molecule has 0 saturated heterocycles. The smallest absolute Gasteiger partial charge is 0.329 e. The van der Waals surface area contributed by atoms with Crippen LogP contribution in [0.3, 0.4) is 0 Å². The molecule has 2 aromatic carbocycles. The number of carbonyl (C=O) groups excluding carboxylic acids is 4. The number of hydrogen-bond acceptors (Lipinski definition) is 7. The van der Waals surface area contributed by atoms with Gasteiger partial charge >= 0.3 is 5.97 Å². The van der Waals surface area contributed by atoms with Crippen LogP contribution >= 0.6 is 0 Å². The van der Waals surface area contributed by atoms with Gasteiger partial charge in [0.15, 0.2) is 6.61 Å². The lowest BCUT2D eigenvalue weighted by Crippen LogP contribution is -2.46. The number of anilines is 1. The van der Waals surface area contributed by atoms with E-state index in [0.717, 1.165) is 4.90 Å². The number of ether oxygens (including phenoxy) is 3. The molecule has 3 rings (SSSR count). The van der Waals surface area contributed by atoms with Crippen molar-refractivity contribution in [1.82, 2.24) is 4.90 Å². The van der Waals surface area contributed by atoms with Crippen molar-refractivity contribution in [3.63, 3.8) is 0 Å². The number of imide groups is 1. The zero-order valence-electron chi connectivity index (χ0n) is 18.9. The molecule has 0 fully saturated rings. The minimum atomic E-state index is -1.14. The number of esters is 1. The standard InChI is InChI=1S/C24H26N2O7/c1-14(2)11-19(26-22(28)16-7-5-6-8-17(16)23(26)29)24(30)33-13-21(27)25-18-12-15(31-3)9-10-20(18)32-4/h5-10,12,14,19H,11,13H2,1-4H3,(H,25,27)/t19-/m1/s1. The third-order valence-corrected chi connectivity index (χ3v) is 5.13. The van der Waals surface area contributed by atoms with Gasteiger partial charge in [-0.2, -0.15) is 0 Å². The highest BCUT2D eigenvalue weighted by molar-refractivity contribution is 6.22. The third-order valence-electron chi connectivity index (χ3n) is 5.13. The summed E-state index contributed by atoms with van der Waals surface area (Å²) >= 11 is 0. The van der Waals surface area contributed by atoms with Gasteiger partial charge in [0.1, 0.15) is 17.5 Å². The lowest BCUT2D eigenvalue weighted by atomic mass is 10.0. The second kappa shape index (κ2) is 10.2. The number of benzene rings is 2. The normalized spacial score (nSPS) is 13.5. The average molecular weight is 454 g/mol. The number of methoxy groups -OCH3 is 2. The summed E-state index contributed by atoms with van der Waals surface area (Å²) in [5.74, 6) is -1.65. The molecule has 0 spiro atoms. The van der Waals surface area contributed by atoms with Crippen LogP contribution in [-0.2, 0) is 14.3 Å². The van der Waals surface area contributed by atoms with Crippen molar-refractivity contribution in [1.29, 1.82) is 0 Å². The van der Waals surface area contributed by atoms with E-state index in [1.807, 2.05) is 13.8 Å². The van der Waals surface area contributed by atoms with Crippen LogP contribution in [0.2, 0.25) is 0 Å². The Kier molecular flexibility index (Phi) is 7.32. The second-order valence-corrected chi connectivity index (χ2v) is 7.89. The lowest BCUT2D eigenvalue weighted by Gasteiger charge is -2.25. The van der Waals surface area contributed by atoms with Crippen LogP contribution in [0.4, 0.5) is 5.69 Å². The maximum Gasteiger partial charge on any atom is 0.329 e. The van der Waals surface area contributed by atoms with Gasteiger partial charge in [0.05, 0.1) is 31.0 Å². The van der Waals surface area contributed by atoms with Gasteiger partial charge in [-0.15, -0.1) is 0 Å². The number of carbonyl (C=O) groups is 4. The Labute approximate surface area is 191 Å². The third kappa shape index (κ3) is 5.14. The first-order chi connectivity index (χ1) is 15.8. The molecule has 1 heterocycles. The molecule has 2 aromatic rings. The van der Waals surface area contributed by atoms with E-state index in [1.165, 1.54) is 14.2 Å². The van der Waals surface area contributed by atoms with Gasteiger partial charge in [0.25, 0.3) is 17.7 Å². The molecule has 1 aliphatic rings. The molecule has 1 aliphatic heterocycles. The second-order valence-electron chi connectivity index (χ2n) is 7.89. The largest absolute Gasteiger partial charge is 0.497 e. The number of nitrogens with one attached hydrogen (secondary N) is 1. The van der Waals surface area contributed by atoms with Crippen LogP contribution in [0.1, 0.15) is 41.0 Å². The molecule has 0 aliphatic carbocycles.